The van der Waals surface area contributed by atoms with Gasteiger partial charge in [-0.15, -0.1) is 0 Å². The third-order valence-corrected chi connectivity index (χ3v) is 7.17. The van der Waals surface area contributed by atoms with E-state index in [0.29, 0.717) is 41.4 Å². The van der Waals surface area contributed by atoms with Crippen LogP contribution in [0.15, 0.2) is 42.6 Å². The summed E-state index contributed by atoms with van der Waals surface area (Å²) in [6.45, 7) is 13.7. The molecule has 0 bridgehead atoms. The van der Waals surface area contributed by atoms with Crippen molar-refractivity contribution >= 4 is 40.2 Å². The molecule has 10 nitrogen and oxygen atoms in total. The number of rotatable bonds is 9. The number of halogens is 1. The van der Waals surface area contributed by atoms with Crippen molar-refractivity contribution in [2.45, 2.75) is 60.2 Å². The average Bonchev–Trinajstić information content (AvgIpc) is 3.29. The molecule has 0 aliphatic heterocycles. The standard InChI is InChI=1S/C32H40ClN7O3/c1-9-40-21(3)23(18-35-40)19-39(8)30(41)28-26-17-24(33)10-11-27(26)36-29(37-28)22-14-20(2)15-25(16-22)34-12-13-38(7)31(42)43-32(4,5)6/h10-11,14-18,34H,9,12-13,19H2,1-8H3. The Kier molecular flexibility index (Phi) is 9.59. The van der Waals surface area contributed by atoms with Crippen LogP contribution in [-0.2, 0) is 17.8 Å². The SMILES string of the molecule is CCn1ncc(CN(C)C(=O)c2nc(-c3cc(C)cc(NCCN(C)C(=O)OC(C)(C)C)c3)nc3ccc(Cl)cc23)c1C. The summed E-state index contributed by atoms with van der Waals surface area (Å²) in [5.74, 6) is 0.190. The van der Waals surface area contributed by atoms with E-state index < -0.39 is 5.60 Å². The summed E-state index contributed by atoms with van der Waals surface area (Å²) in [6, 6.07) is 11.2. The molecule has 4 rings (SSSR count). The van der Waals surface area contributed by atoms with Gasteiger partial charge in [0, 0.05) is 73.2 Å². The first-order valence-electron chi connectivity index (χ1n) is 14.3. The summed E-state index contributed by atoms with van der Waals surface area (Å²) in [7, 11) is 3.46. The van der Waals surface area contributed by atoms with Crippen LogP contribution in [-0.4, -0.2) is 74.3 Å². The number of hydrogen-bond acceptors (Lipinski definition) is 7. The molecule has 0 unspecified atom stereocenters. The van der Waals surface area contributed by atoms with E-state index in [2.05, 4.69) is 10.4 Å². The van der Waals surface area contributed by atoms with Gasteiger partial charge < -0.3 is 19.9 Å². The Morgan fingerprint density at radius 1 is 1.05 bits per heavy atom. The molecule has 2 aromatic heterocycles. The van der Waals surface area contributed by atoms with E-state index in [0.717, 1.165) is 34.6 Å². The van der Waals surface area contributed by atoms with Crippen LogP contribution < -0.4 is 5.32 Å². The van der Waals surface area contributed by atoms with Gasteiger partial charge in [0.25, 0.3) is 5.91 Å². The summed E-state index contributed by atoms with van der Waals surface area (Å²) in [4.78, 5) is 38.9. The molecule has 0 atom stereocenters. The molecule has 1 N–H and O–H groups in total. The maximum Gasteiger partial charge on any atom is 0.410 e. The number of aryl methyl sites for hydroxylation is 2. The van der Waals surface area contributed by atoms with E-state index in [1.165, 1.54) is 4.90 Å². The zero-order chi connectivity index (χ0) is 31.5. The molecule has 0 aliphatic rings. The Labute approximate surface area is 258 Å². The van der Waals surface area contributed by atoms with Gasteiger partial charge in [0.2, 0.25) is 0 Å². The zero-order valence-electron chi connectivity index (χ0n) is 26.2. The first-order chi connectivity index (χ1) is 20.3. The van der Waals surface area contributed by atoms with Gasteiger partial charge in [0.05, 0.1) is 11.7 Å². The van der Waals surface area contributed by atoms with Crippen LogP contribution in [0.3, 0.4) is 0 Å². The highest BCUT2D eigenvalue weighted by Crippen LogP contribution is 2.28. The molecule has 0 radical (unpaired) electrons. The first kappa shape index (κ1) is 31.7. The van der Waals surface area contributed by atoms with Gasteiger partial charge in [-0.2, -0.15) is 5.10 Å². The van der Waals surface area contributed by atoms with E-state index in [1.54, 1.807) is 43.4 Å². The second-order valence-corrected chi connectivity index (χ2v) is 12.1. The third-order valence-electron chi connectivity index (χ3n) is 6.94. The van der Waals surface area contributed by atoms with E-state index in [1.807, 2.05) is 64.4 Å². The van der Waals surface area contributed by atoms with Gasteiger partial charge in [0.1, 0.15) is 11.3 Å². The molecule has 0 spiro atoms. The molecular weight excluding hydrogens is 566 g/mol. The molecule has 2 heterocycles. The number of nitrogens with zero attached hydrogens (tertiary/aromatic N) is 6. The van der Waals surface area contributed by atoms with Crippen molar-refractivity contribution in [2.24, 2.45) is 0 Å². The second-order valence-electron chi connectivity index (χ2n) is 11.7. The zero-order valence-corrected chi connectivity index (χ0v) is 26.9. The predicted molar refractivity (Wildman–Crippen MR) is 171 cm³/mol. The topological polar surface area (TPSA) is 105 Å². The minimum Gasteiger partial charge on any atom is -0.444 e. The lowest BCUT2D eigenvalue weighted by molar-refractivity contribution is 0.0305. The van der Waals surface area contributed by atoms with E-state index in [9.17, 15) is 9.59 Å². The Hall–Kier alpha value is -4.18. The molecule has 228 valence electrons. The van der Waals surface area contributed by atoms with Crippen molar-refractivity contribution < 1.29 is 14.3 Å². The summed E-state index contributed by atoms with van der Waals surface area (Å²) >= 11 is 6.33. The molecule has 11 heteroatoms. The molecule has 43 heavy (non-hydrogen) atoms. The quantitative estimate of drug-likeness (QED) is 0.237. The van der Waals surface area contributed by atoms with Crippen LogP contribution in [0.1, 0.15) is 55.0 Å². The van der Waals surface area contributed by atoms with Gasteiger partial charge in [-0.05, 0) is 83.5 Å². The molecule has 0 saturated heterocycles. The smallest absolute Gasteiger partial charge is 0.410 e. The number of nitrogens with one attached hydrogen (secondary N) is 1. The van der Waals surface area contributed by atoms with Crippen LogP contribution in [0, 0.1) is 13.8 Å². The monoisotopic (exact) mass is 605 g/mol. The average molecular weight is 606 g/mol. The van der Waals surface area contributed by atoms with E-state index in [-0.39, 0.29) is 17.7 Å². The van der Waals surface area contributed by atoms with E-state index >= 15 is 0 Å². The van der Waals surface area contributed by atoms with Gasteiger partial charge in [-0.3, -0.25) is 9.48 Å². The van der Waals surface area contributed by atoms with Gasteiger partial charge in [-0.1, -0.05) is 11.6 Å². The lowest BCUT2D eigenvalue weighted by atomic mass is 10.1. The fourth-order valence-electron chi connectivity index (χ4n) is 4.67. The number of carbonyl (C=O) groups excluding carboxylic acids is 2. The summed E-state index contributed by atoms with van der Waals surface area (Å²) < 4.78 is 7.34. The number of ether oxygens (including phenoxy) is 1. The normalized spacial score (nSPS) is 11.5. The third kappa shape index (κ3) is 7.81. The minimum atomic E-state index is -0.554. The Morgan fingerprint density at radius 2 is 1.79 bits per heavy atom. The predicted octanol–water partition coefficient (Wildman–Crippen LogP) is 6.33. The van der Waals surface area contributed by atoms with Crippen molar-refractivity contribution in [2.75, 3.05) is 32.5 Å². The number of likely N-dealkylation sites (N-methyl/N-ethyl adjacent to an activating group) is 1. The minimum absolute atomic E-state index is 0.240. The number of hydrogen-bond donors (Lipinski definition) is 1. The summed E-state index contributed by atoms with van der Waals surface area (Å²) in [5.41, 5.74) is 4.95. The Morgan fingerprint density at radius 3 is 2.47 bits per heavy atom. The fraction of sp³-hybridized carbons (Fsp3) is 0.406. The van der Waals surface area contributed by atoms with Crippen molar-refractivity contribution in [1.82, 2.24) is 29.5 Å². The van der Waals surface area contributed by atoms with Crippen molar-refractivity contribution in [3.8, 4) is 11.4 Å². The Balaban J connectivity index is 1.61. The first-order valence-corrected chi connectivity index (χ1v) is 14.7. The maximum absolute atomic E-state index is 13.8. The highest BCUT2D eigenvalue weighted by Gasteiger charge is 2.22. The van der Waals surface area contributed by atoms with Crippen LogP contribution in [0.5, 0.6) is 0 Å². The second kappa shape index (κ2) is 13.0. The van der Waals surface area contributed by atoms with Crippen molar-refractivity contribution in [3.05, 3.63) is 70.1 Å². The maximum atomic E-state index is 13.8. The number of aromatic nitrogens is 4. The lowest BCUT2D eigenvalue weighted by Gasteiger charge is -2.24. The van der Waals surface area contributed by atoms with Crippen LogP contribution in [0.25, 0.3) is 22.3 Å². The number of amides is 2. The van der Waals surface area contributed by atoms with Gasteiger partial charge in [0.15, 0.2) is 5.82 Å². The highest BCUT2D eigenvalue weighted by atomic mass is 35.5. The molecule has 2 amide bonds. The fourth-order valence-corrected chi connectivity index (χ4v) is 4.85. The molecule has 2 aromatic carbocycles. The largest absolute Gasteiger partial charge is 0.444 e. The van der Waals surface area contributed by atoms with E-state index in [4.69, 9.17) is 26.3 Å². The molecule has 0 fully saturated rings. The van der Waals surface area contributed by atoms with Crippen LogP contribution in [0.4, 0.5) is 10.5 Å². The van der Waals surface area contributed by atoms with Gasteiger partial charge >= 0.3 is 6.09 Å². The van der Waals surface area contributed by atoms with Crippen LogP contribution in [0.2, 0.25) is 5.02 Å². The Bertz CT molecular complexity index is 1640. The van der Waals surface area contributed by atoms with Crippen molar-refractivity contribution in [1.29, 1.82) is 0 Å². The lowest BCUT2D eigenvalue weighted by Crippen LogP contribution is -2.36. The number of anilines is 1. The molecular formula is C32H40ClN7O3. The number of carbonyl (C=O) groups is 2. The number of benzene rings is 2. The molecule has 0 aliphatic carbocycles. The van der Waals surface area contributed by atoms with Gasteiger partial charge in [-0.25, -0.2) is 14.8 Å². The summed E-state index contributed by atoms with van der Waals surface area (Å²) in [6.07, 6.45) is 1.43. The molecule has 4 aromatic rings. The number of fused-ring (bicyclic) bond motifs is 1. The van der Waals surface area contributed by atoms with Crippen molar-refractivity contribution in [3.63, 3.8) is 0 Å². The summed E-state index contributed by atoms with van der Waals surface area (Å²) in [5, 5.41) is 8.87. The highest BCUT2D eigenvalue weighted by molar-refractivity contribution is 6.31. The molecule has 0 saturated carbocycles. The van der Waals surface area contributed by atoms with Crippen LogP contribution >= 0.6 is 11.6 Å².